The molecule has 1 N–H and O–H groups in total. The molecule has 19 heavy (non-hydrogen) atoms. The van der Waals surface area contributed by atoms with Crippen LogP contribution >= 0.6 is 11.6 Å². The smallest absolute Gasteiger partial charge is 0.329 e. The van der Waals surface area contributed by atoms with E-state index in [1.54, 1.807) is 0 Å². The van der Waals surface area contributed by atoms with E-state index in [1.807, 2.05) is 6.92 Å². The summed E-state index contributed by atoms with van der Waals surface area (Å²) >= 11 is 5.86. The topological polar surface area (TPSA) is 67.3 Å². The third-order valence-corrected chi connectivity index (χ3v) is 3.65. The maximum absolute atomic E-state index is 12.1. The Bertz CT molecular complexity index is 546. The Kier molecular flexibility index (Phi) is 4.79. The number of rotatable bonds is 4. The van der Waals surface area contributed by atoms with E-state index < -0.39 is 5.69 Å². The molecule has 106 valence electrons. The first kappa shape index (κ1) is 14.3. The average Bonchev–Trinajstić information content (AvgIpc) is 2.39. The van der Waals surface area contributed by atoms with Crippen LogP contribution in [0.25, 0.3) is 0 Å². The number of nitrogens with zero attached hydrogens (tertiary/aromatic N) is 2. The Labute approximate surface area is 115 Å². The summed E-state index contributed by atoms with van der Waals surface area (Å²) in [6, 6.07) is 0. The van der Waals surface area contributed by atoms with E-state index in [-0.39, 0.29) is 10.7 Å². The molecule has 1 aromatic rings. The van der Waals surface area contributed by atoms with Crippen molar-refractivity contribution in [1.82, 2.24) is 14.5 Å². The molecule has 1 aliphatic heterocycles. The summed E-state index contributed by atoms with van der Waals surface area (Å²) in [5.74, 6) is 0. The average molecular weight is 288 g/mol. The van der Waals surface area contributed by atoms with Crippen molar-refractivity contribution in [3.8, 4) is 0 Å². The summed E-state index contributed by atoms with van der Waals surface area (Å²) in [7, 11) is 0. The van der Waals surface area contributed by atoms with Crippen LogP contribution in [-0.2, 0) is 17.7 Å². The molecule has 2 rings (SSSR count). The highest BCUT2D eigenvalue weighted by atomic mass is 35.5. The first-order valence-corrected chi connectivity index (χ1v) is 6.83. The molecule has 6 nitrogen and oxygen atoms in total. The fraction of sp³-hybridized carbons (Fsp3) is 0.667. The molecule has 1 fully saturated rings. The molecule has 1 saturated heterocycles. The predicted octanol–water partition coefficient (Wildman–Crippen LogP) is 0.0846. The molecule has 1 aliphatic rings. The highest BCUT2D eigenvalue weighted by molar-refractivity contribution is 6.30. The van der Waals surface area contributed by atoms with Gasteiger partial charge in [0.15, 0.2) is 0 Å². The summed E-state index contributed by atoms with van der Waals surface area (Å²) in [6.45, 7) is 5.95. The van der Waals surface area contributed by atoms with E-state index in [9.17, 15) is 9.59 Å². The van der Waals surface area contributed by atoms with Gasteiger partial charge in [0.25, 0.3) is 5.56 Å². The summed E-state index contributed by atoms with van der Waals surface area (Å²) in [4.78, 5) is 28.6. The lowest BCUT2D eigenvalue weighted by molar-refractivity contribution is 0.0361. The maximum atomic E-state index is 12.1. The van der Waals surface area contributed by atoms with Crippen molar-refractivity contribution >= 4 is 11.6 Å². The van der Waals surface area contributed by atoms with Crippen LogP contribution in [0.4, 0.5) is 0 Å². The summed E-state index contributed by atoms with van der Waals surface area (Å²) in [5, 5.41) is 0.153. The SMILES string of the molecule is CCc1c(Cl)[nH]c(=O)n(CCN2CCOCC2)c1=O. The number of nitrogens with one attached hydrogen (secondary N) is 1. The summed E-state index contributed by atoms with van der Waals surface area (Å²) < 4.78 is 6.48. The van der Waals surface area contributed by atoms with Crippen molar-refractivity contribution in [3.63, 3.8) is 0 Å². The zero-order valence-electron chi connectivity index (χ0n) is 10.9. The van der Waals surface area contributed by atoms with Gasteiger partial charge in [-0.3, -0.25) is 19.2 Å². The minimum atomic E-state index is -0.444. The minimum absolute atomic E-state index is 0.153. The lowest BCUT2D eigenvalue weighted by Crippen LogP contribution is -2.43. The second-order valence-electron chi connectivity index (χ2n) is 4.49. The van der Waals surface area contributed by atoms with E-state index in [0.29, 0.717) is 38.3 Å². The molecule has 0 saturated carbocycles. The molecule has 1 aromatic heterocycles. The van der Waals surface area contributed by atoms with Crippen molar-refractivity contribution in [3.05, 3.63) is 31.6 Å². The van der Waals surface area contributed by atoms with Gasteiger partial charge in [0.2, 0.25) is 0 Å². The molecule has 0 aliphatic carbocycles. The second-order valence-corrected chi connectivity index (χ2v) is 4.87. The second kappa shape index (κ2) is 6.36. The first-order chi connectivity index (χ1) is 9.13. The van der Waals surface area contributed by atoms with E-state index in [4.69, 9.17) is 16.3 Å². The number of halogens is 1. The Balaban J connectivity index is 2.15. The van der Waals surface area contributed by atoms with Gasteiger partial charge < -0.3 is 4.74 Å². The largest absolute Gasteiger partial charge is 0.379 e. The normalized spacial score (nSPS) is 16.7. The number of hydrogen-bond donors (Lipinski definition) is 1. The zero-order valence-corrected chi connectivity index (χ0v) is 11.7. The molecule has 0 spiro atoms. The van der Waals surface area contributed by atoms with Crippen LogP contribution < -0.4 is 11.2 Å². The standard InChI is InChI=1S/C12H18ClN3O3/c1-2-9-10(13)14-12(18)16(11(9)17)4-3-15-5-7-19-8-6-15/h2-8H2,1H3,(H,14,18). The van der Waals surface area contributed by atoms with Crippen molar-refractivity contribution in [2.75, 3.05) is 32.8 Å². The van der Waals surface area contributed by atoms with E-state index in [1.165, 1.54) is 4.57 Å². The van der Waals surface area contributed by atoms with Crippen LogP contribution in [0.5, 0.6) is 0 Å². The summed E-state index contributed by atoms with van der Waals surface area (Å²) in [5.41, 5.74) is -0.270. The van der Waals surface area contributed by atoms with Crippen LogP contribution in [0, 0.1) is 0 Å². The van der Waals surface area contributed by atoms with E-state index in [2.05, 4.69) is 9.88 Å². The van der Waals surface area contributed by atoms with Crippen LogP contribution in [0.2, 0.25) is 5.15 Å². The van der Waals surface area contributed by atoms with Gasteiger partial charge in [-0.05, 0) is 6.42 Å². The highest BCUT2D eigenvalue weighted by Gasteiger charge is 2.14. The van der Waals surface area contributed by atoms with Crippen molar-refractivity contribution in [2.24, 2.45) is 0 Å². The Morgan fingerprint density at radius 1 is 1.26 bits per heavy atom. The third-order valence-electron chi connectivity index (χ3n) is 3.33. The zero-order chi connectivity index (χ0) is 13.8. The first-order valence-electron chi connectivity index (χ1n) is 6.45. The Hall–Kier alpha value is -1.11. The van der Waals surface area contributed by atoms with Crippen LogP contribution in [-0.4, -0.2) is 47.3 Å². The fourth-order valence-corrected chi connectivity index (χ4v) is 2.46. The maximum Gasteiger partial charge on any atom is 0.329 e. The van der Waals surface area contributed by atoms with Gasteiger partial charge in [-0.15, -0.1) is 0 Å². The molecule has 0 bridgehead atoms. The number of H-pyrrole nitrogens is 1. The highest BCUT2D eigenvalue weighted by Crippen LogP contribution is 2.05. The Morgan fingerprint density at radius 2 is 1.95 bits per heavy atom. The van der Waals surface area contributed by atoms with Gasteiger partial charge in [-0.1, -0.05) is 18.5 Å². The number of morpholine rings is 1. The van der Waals surface area contributed by atoms with Gasteiger partial charge in [0, 0.05) is 26.2 Å². The van der Waals surface area contributed by atoms with Crippen LogP contribution in [0.15, 0.2) is 9.59 Å². The molecule has 0 atom stereocenters. The number of aromatic nitrogens is 2. The minimum Gasteiger partial charge on any atom is -0.379 e. The number of ether oxygens (including phenoxy) is 1. The van der Waals surface area contributed by atoms with Crippen LogP contribution in [0.1, 0.15) is 12.5 Å². The van der Waals surface area contributed by atoms with Crippen molar-refractivity contribution in [2.45, 2.75) is 19.9 Å². The summed E-state index contributed by atoms with van der Waals surface area (Å²) in [6.07, 6.45) is 0.506. The van der Waals surface area contributed by atoms with Crippen molar-refractivity contribution in [1.29, 1.82) is 0 Å². The molecule has 7 heteroatoms. The molecule has 2 heterocycles. The molecular weight excluding hydrogens is 270 g/mol. The third kappa shape index (κ3) is 3.26. The van der Waals surface area contributed by atoms with Crippen LogP contribution in [0.3, 0.4) is 0 Å². The van der Waals surface area contributed by atoms with Gasteiger partial charge >= 0.3 is 5.69 Å². The lowest BCUT2D eigenvalue weighted by Gasteiger charge is -2.26. The molecule has 0 aromatic carbocycles. The lowest BCUT2D eigenvalue weighted by atomic mass is 10.2. The number of hydrogen-bond acceptors (Lipinski definition) is 4. The van der Waals surface area contributed by atoms with Crippen molar-refractivity contribution < 1.29 is 4.74 Å². The van der Waals surface area contributed by atoms with Gasteiger partial charge in [-0.2, -0.15) is 0 Å². The predicted molar refractivity (Wildman–Crippen MR) is 73.0 cm³/mol. The molecule has 0 unspecified atom stereocenters. The fourth-order valence-electron chi connectivity index (χ4n) is 2.16. The van der Waals surface area contributed by atoms with Gasteiger partial charge in [0.05, 0.1) is 18.8 Å². The van der Waals surface area contributed by atoms with Gasteiger partial charge in [0.1, 0.15) is 5.15 Å². The molecular formula is C12H18ClN3O3. The Morgan fingerprint density at radius 3 is 2.58 bits per heavy atom. The quantitative estimate of drug-likeness (QED) is 0.797. The molecule has 0 radical (unpaired) electrons. The monoisotopic (exact) mass is 287 g/mol. The molecule has 0 amide bonds. The number of aromatic amines is 1. The van der Waals surface area contributed by atoms with Gasteiger partial charge in [-0.25, -0.2) is 4.79 Å². The van der Waals surface area contributed by atoms with E-state index >= 15 is 0 Å². The van der Waals surface area contributed by atoms with E-state index in [0.717, 1.165) is 13.1 Å².